The number of rotatable bonds is 8. The molecule has 0 spiro atoms. The number of hydrogen-bond acceptors (Lipinski definition) is 2. The maximum absolute atomic E-state index is 12.1. The molecule has 4 aromatic rings. The van der Waals surface area contributed by atoms with Crippen LogP contribution in [0.5, 0.6) is 0 Å². The van der Waals surface area contributed by atoms with Crippen molar-refractivity contribution in [2.75, 3.05) is 4.31 Å². The molecule has 4 rings (SSSR count). The monoisotopic (exact) mass is 457 g/mol. The van der Waals surface area contributed by atoms with Gasteiger partial charge in [-0.2, -0.15) is 0 Å². The van der Waals surface area contributed by atoms with E-state index < -0.39 is 17.2 Å². The average molecular weight is 458 g/mol. The minimum absolute atomic E-state index is 0.315. The summed E-state index contributed by atoms with van der Waals surface area (Å²) < 4.78 is 23.4. The van der Waals surface area contributed by atoms with Crippen LogP contribution in [0.25, 0.3) is 11.1 Å². The van der Waals surface area contributed by atoms with Gasteiger partial charge in [0.25, 0.3) is 11.3 Å². The summed E-state index contributed by atoms with van der Waals surface area (Å²) in [7, 11) is 0. The van der Waals surface area contributed by atoms with Gasteiger partial charge in [-0.15, -0.1) is 0 Å². The zero-order valence-electron chi connectivity index (χ0n) is 17.8. The Morgan fingerprint density at radius 2 is 1.24 bits per heavy atom. The lowest BCUT2D eigenvalue weighted by Gasteiger charge is -2.20. The van der Waals surface area contributed by atoms with Crippen LogP contribution in [0.15, 0.2) is 103 Å². The molecule has 1 atom stereocenters. The maximum atomic E-state index is 12.1. The fourth-order valence-corrected chi connectivity index (χ4v) is 4.38. The second kappa shape index (κ2) is 10.3. The first-order valence-corrected chi connectivity index (χ1v) is 11.6. The van der Waals surface area contributed by atoms with Crippen LogP contribution in [0.1, 0.15) is 21.5 Å². The summed E-state index contributed by atoms with van der Waals surface area (Å²) in [6, 6.07) is 31.9. The molecule has 0 aliphatic rings. The summed E-state index contributed by atoms with van der Waals surface area (Å²) in [6.45, 7) is 0. The van der Waals surface area contributed by atoms with Gasteiger partial charge in [0.1, 0.15) is 0 Å². The normalized spacial score (nSPS) is 11.7. The SMILES string of the molecule is O=C(O)c1ccccc1CCc1ccc(N(c2ccc(-c3ccccc3)cc2)S(=O)O)cc1. The van der Waals surface area contributed by atoms with E-state index in [9.17, 15) is 18.7 Å². The number of hydrogen-bond donors (Lipinski definition) is 2. The van der Waals surface area contributed by atoms with Gasteiger partial charge in [0.05, 0.1) is 16.9 Å². The van der Waals surface area contributed by atoms with E-state index in [-0.39, 0.29) is 0 Å². The van der Waals surface area contributed by atoms with E-state index in [0.717, 1.165) is 22.3 Å². The van der Waals surface area contributed by atoms with Gasteiger partial charge in [0, 0.05) is 0 Å². The second-order valence-electron chi connectivity index (χ2n) is 7.57. The van der Waals surface area contributed by atoms with Crippen LogP contribution in [0, 0.1) is 0 Å². The molecule has 166 valence electrons. The van der Waals surface area contributed by atoms with Gasteiger partial charge in [-0.1, -0.05) is 72.8 Å². The zero-order valence-corrected chi connectivity index (χ0v) is 18.6. The van der Waals surface area contributed by atoms with E-state index in [1.54, 1.807) is 24.3 Å². The largest absolute Gasteiger partial charge is 0.478 e. The lowest BCUT2D eigenvalue weighted by atomic mass is 10.00. The predicted octanol–water partition coefficient (Wildman–Crippen LogP) is 6.11. The summed E-state index contributed by atoms with van der Waals surface area (Å²) in [5.41, 5.74) is 5.42. The summed E-state index contributed by atoms with van der Waals surface area (Å²) in [5, 5.41) is 9.34. The van der Waals surface area contributed by atoms with Crippen LogP contribution in [-0.4, -0.2) is 19.8 Å². The van der Waals surface area contributed by atoms with Gasteiger partial charge >= 0.3 is 5.97 Å². The molecule has 0 amide bonds. The highest BCUT2D eigenvalue weighted by Gasteiger charge is 2.15. The van der Waals surface area contributed by atoms with Gasteiger partial charge in [-0.05, 0) is 65.4 Å². The predicted molar refractivity (Wildman–Crippen MR) is 132 cm³/mol. The lowest BCUT2D eigenvalue weighted by Crippen LogP contribution is -2.19. The van der Waals surface area contributed by atoms with Crippen LogP contribution in [-0.2, 0) is 24.1 Å². The molecule has 0 heterocycles. The van der Waals surface area contributed by atoms with Gasteiger partial charge in [0.15, 0.2) is 0 Å². The summed E-state index contributed by atoms with van der Waals surface area (Å²) in [5.74, 6) is -0.930. The van der Waals surface area contributed by atoms with Gasteiger partial charge in [0.2, 0.25) is 0 Å². The molecule has 0 aliphatic carbocycles. The number of anilines is 2. The number of carboxylic acids is 1. The molecule has 6 heteroatoms. The Balaban J connectivity index is 1.50. The van der Waals surface area contributed by atoms with Gasteiger partial charge in [-0.3, -0.25) is 4.55 Å². The molecule has 0 fully saturated rings. The molecule has 5 nitrogen and oxygen atoms in total. The summed E-state index contributed by atoms with van der Waals surface area (Å²) in [6.07, 6.45) is 1.26. The third kappa shape index (κ3) is 5.37. The smallest absolute Gasteiger partial charge is 0.335 e. The quantitative estimate of drug-likeness (QED) is 0.313. The fraction of sp³-hybridized carbons (Fsp3) is 0.0741. The summed E-state index contributed by atoms with van der Waals surface area (Å²) >= 11 is -2.24. The molecule has 0 saturated carbocycles. The van der Waals surface area contributed by atoms with Crippen molar-refractivity contribution >= 4 is 28.6 Å². The molecule has 0 radical (unpaired) electrons. The lowest BCUT2D eigenvalue weighted by molar-refractivity contribution is 0.0695. The number of aryl methyl sites for hydroxylation is 2. The van der Waals surface area contributed by atoms with Crippen LogP contribution in [0.4, 0.5) is 11.4 Å². The topological polar surface area (TPSA) is 77.8 Å². The average Bonchev–Trinajstić information content (AvgIpc) is 2.84. The van der Waals surface area contributed by atoms with E-state index in [2.05, 4.69) is 0 Å². The zero-order chi connectivity index (χ0) is 23.2. The van der Waals surface area contributed by atoms with Gasteiger partial charge in [-0.25, -0.2) is 13.3 Å². The minimum atomic E-state index is -2.24. The second-order valence-corrected chi connectivity index (χ2v) is 8.39. The molecule has 1 unspecified atom stereocenters. The first-order valence-electron chi connectivity index (χ1n) is 10.5. The number of carboxylic acid groups (broad SMARTS) is 1. The highest BCUT2D eigenvalue weighted by atomic mass is 32.2. The molecular weight excluding hydrogens is 434 g/mol. The Morgan fingerprint density at radius 1 is 0.697 bits per heavy atom. The highest BCUT2D eigenvalue weighted by molar-refractivity contribution is 7.81. The molecule has 33 heavy (non-hydrogen) atoms. The number of benzene rings is 4. The molecule has 0 bridgehead atoms. The standard InChI is InChI=1S/C27H23NO4S/c29-27(30)26-9-5-4-8-23(26)13-10-20-11-16-24(17-12-20)28(33(31)32)25-18-14-22(15-19-25)21-6-2-1-3-7-21/h1-9,11-12,14-19H,10,13H2,(H,29,30)(H,31,32). The summed E-state index contributed by atoms with van der Waals surface area (Å²) in [4.78, 5) is 11.4. The van der Waals surface area contributed by atoms with Crippen LogP contribution >= 0.6 is 0 Å². The van der Waals surface area contributed by atoms with Crippen molar-refractivity contribution in [3.8, 4) is 11.1 Å². The minimum Gasteiger partial charge on any atom is -0.478 e. The number of carbonyl (C=O) groups is 1. The Hall–Kier alpha value is -3.74. The van der Waals surface area contributed by atoms with Gasteiger partial charge < -0.3 is 5.11 Å². The molecule has 2 N–H and O–H groups in total. The molecular formula is C27H23NO4S. The van der Waals surface area contributed by atoms with Crippen LogP contribution < -0.4 is 4.31 Å². The van der Waals surface area contributed by atoms with E-state index in [1.165, 1.54) is 4.31 Å². The molecule has 0 saturated heterocycles. The first kappa shape index (κ1) is 22.5. The Morgan fingerprint density at radius 3 is 1.85 bits per heavy atom. The highest BCUT2D eigenvalue weighted by Crippen LogP contribution is 2.30. The van der Waals surface area contributed by atoms with E-state index >= 15 is 0 Å². The van der Waals surface area contributed by atoms with E-state index in [0.29, 0.717) is 29.8 Å². The Kier molecular flexibility index (Phi) is 6.98. The third-order valence-electron chi connectivity index (χ3n) is 5.47. The third-order valence-corrected chi connectivity index (χ3v) is 6.20. The fourth-order valence-electron chi connectivity index (χ4n) is 3.77. The molecule has 0 aromatic heterocycles. The first-order chi connectivity index (χ1) is 16.0. The Labute approximate surface area is 195 Å². The number of aromatic carboxylic acids is 1. The van der Waals surface area contributed by atoms with Crippen molar-refractivity contribution in [3.05, 3.63) is 120 Å². The maximum Gasteiger partial charge on any atom is 0.335 e. The van der Waals surface area contributed by atoms with Crippen LogP contribution in [0.3, 0.4) is 0 Å². The Bertz CT molecular complexity index is 1260. The van der Waals surface area contributed by atoms with Crippen molar-refractivity contribution in [1.29, 1.82) is 0 Å². The van der Waals surface area contributed by atoms with Crippen molar-refractivity contribution in [2.45, 2.75) is 12.8 Å². The van der Waals surface area contributed by atoms with Crippen molar-refractivity contribution in [3.63, 3.8) is 0 Å². The van der Waals surface area contributed by atoms with E-state index in [1.807, 2.05) is 78.9 Å². The molecule has 4 aromatic carbocycles. The van der Waals surface area contributed by atoms with Crippen molar-refractivity contribution in [2.24, 2.45) is 0 Å². The van der Waals surface area contributed by atoms with E-state index in [4.69, 9.17) is 0 Å². The van der Waals surface area contributed by atoms with Crippen molar-refractivity contribution < 1.29 is 18.7 Å². The molecule has 0 aliphatic heterocycles. The van der Waals surface area contributed by atoms with Crippen LogP contribution in [0.2, 0.25) is 0 Å². The number of nitrogens with zero attached hydrogens (tertiary/aromatic N) is 1. The van der Waals surface area contributed by atoms with Crippen molar-refractivity contribution in [1.82, 2.24) is 0 Å².